The SMILES string of the molecule is C=C(O)CN(CC)c1ccc(N)c(C)c1. The second kappa shape index (κ2) is 4.73. The summed E-state index contributed by atoms with van der Waals surface area (Å²) in [5, 5.41) is 9.18. The Morgan fingerprint density at radius 2 is 2.20 bits per heavy atom. The molecule has 0 aliphatic rings. The normalized spacial score (nSPS) is 10.0. The first-order valence-corrected chi connectivity index (χ1v) is 5.02. The van der Waals surface area contributed by atoms with Gasteiger partial charge in [-0.1, -0.05) is 6.58 Å². The van der Waals surface area contributed by atoms with E-state index < -0.39 is 0 Å². The van der Waals surface area contributed by atoms with Crippen LogP contribution in [0.1, 0.15) is 12.5 Å². The van der Waals surface area contributed by atoms with E-state index in [1.807, 2.05) is 36.9 Å². The lowest BCUT2D eigenvalue weighted by molar-refractivity contribution is 0.402. The summed E-state index contributed by atoms with van der Waals surface area (Å²) in [4.78, 5) is 2.04. The highest BCUT2D eigenvalue weighted by atomic mass is 16.3. The second-order valence-corrected chi connectivity index (χ2v) is 3.62. The van der Waals surface area contributed by atoms with E-state index in [0.717, 1.165) is 23.5 Å². The van der Waals surface area contributed by atoms with E-state index in [4.69, 9.17) is 5.73 Å². The van der Waals surface area contributed by atoms with Crippen molar-refractivity contribution in [3.8, 4) is 0 Å². The lowest BCUT2D eigenvalue weighted by Crippen LogP contribution is -2.25. The first kappa shape index (κ1) is 11.4. The number of aryl methyl sites for hydroxylation is 1. The van der Waals surface area contributed by atoms with Gasteiger partial charge in [0.05, 0.1) is 6.54 Å². The molecule has 1 aromatic carbocycles. The van der Waals surface area contributed by atoms with Crippen molar-refractivity contribution in [3.63, 3.8) is 0 Å². The predicted molar refractivity (Wildman–Crippen MR) is 65.2 cm³/mol. The van der Waals surface area contributed by atoms with E-state index >= 15 is 0 Å². The van der Waals surface area contributed by atoms with Gasteiger partial charge < -0.3 is 15.7 Å². The quantitative estimate of drug-likeness (QED) is 0.587. The third-order valence-corrected chi connectivity index (χ3v) is 2.37. The Balaban J connectivity index is 2.92. The molecular weight excluding hydrogens is 188 g/mol. The number of aliphatic hydroxyl groups excluding tert-OH is 1. The molecule has 0 spiro atoms. The number of aliphatic hydroxyl groups is 1. The van der Waals surface area contributed by atoms with Crippen LogP contribution in [0.3, 0.4) is 0 Å². The molecule has 3 heteroatoms. The zero-order valence-electron chi connectivity index (χ0n) is 9.33. The Labute approximate surface area is 90.8 Å². The van der Waals surface area contributed by atoms with Gasteiger partial charge in [0.25, 0.3) is 0 Å². The lowest BCUT2D eigenvalue weighted by Gasteiger charge is -2.23. The Bertz CT molecular complexity index is 361. The van der Waals surface area contributed by atoms with E-state index in [1.165, 1.54) is 0 Å². The van der Waals surface area contributed by atoms with Gasteiger partial charge in [0.15, 0.2) is 0 Å². The Morgan fingerprint density at radius 1 is 1.53 bits per heavy atom. The van der Waals surface area contributed by atoms with E-state index in [-0.39, 0.29) is 5.76 Å². The molecular formula is C12H18N2O. The fraction of sp³-hybridized carbons (Fsp3) is 0.333. The Hall–Kier alpha value is -1.64. The van der Waals surface area contributed by atoms with Gasteiger partial charge in [-0.2, -0.15) is 0 Å². The largest absolute Gasteiger partial charge is 0.511 e. The molecule has 1 aromatic rings. The molecule has 0 atom stereocenters. The summed E-state index contributed by atoms with van der Waals surface area (Å²) < 4.78 is 0. The number of hydrogen-bond donors (Lipinski definition) is 2. The summed E-state index contributed by atoms with van der Waals surface area (Å²) in [6.07, 6.45) is 0. The Kier molecular flexibility index (Phi) is 3.61. The highest BCUT2D eigenvalue weighted by molar-refractivity contribution is 5.58. The van der Waals surface area contributed by atoms with Crippen molar-refractivity contribution in [1.29, 1.82) is 0 Å². The van der Waals surface area contributed by atoms with Crippen molar-refractivity contribution in [2.24, 2.45) is 0 Å². The minimum absolute atomic E-state index is 0.173. The van der Waals surface area contributed by atoms with Gasteiger partial charge in [-0.05, 0) is 37.6 Å². The molecule has 0 radical (unpaired) electrons. The zero-order chi connectivity index (χ0) is 11.4. The van der Waals surface area contributed by atoms with Crippen LogP contribution >= 0.6 is 0 Å². The molecule has 0 heterocycles. The molecule has 0 saturated carbocycles. The maximum absolute atomic E-state index is 9.18. The van der Waals surface area contributed by atoms with Crippen molar-refractivity contribution in [1.82, 2.24) is 0 Å². The summed E-state index contributed by atoms with van der Waals surface area (Å²) >= 11 is 0. The van der Waals surface area contributed by atoms with Crippen LogP contribution in [0.4, 0.5) is 11.4 Å². The van der Waals surface area contributed by atoms with E-state index in [1.54, 1.807) is 0 Å². The minimum atomic E-state index is 0.173. The molecule has 0 aromatic heterocycles. The standard InChI is InChI=1S/C12H18N2O/c1-4-14(8-10(3)15)11-5-6-12(13)9(2)7-11/h5-7,15H,3-4,8,13H2,1-2H3. The highest BCUT2D eigenvalue weighted by Crippen LogP contribution is 2.20. The van der Waals surface area contributed by atoms with E-state index in [9.17, 15) is 5.11 Å². The summed E-state index contributed by atoms with van der Waals surface area (Å²) in [6.45, 7) is 8.79. The van der Waals surface area contributed by atoms with Crippen LogP contribution in [0.5, 0.6) is 0 Å². The lowest BCUT2D eigenvalue weighted by atomic mass is 10.1. The first-order chi connectivity index (χ1) is 7.04. The molecule has 3 nitrogen and oxygen atoms in total. The van der Waals surface area contributed by atoms with Crippen molar-refractivity contribution >= 4 is 11.4 Å². The number of nitrogens with zero attached hydrogens (tertiary/aromatic N) is 1. The van der Waals surface area contributed by atoms with E-state index in [0.29, 0.717) is 6.54 Å². The van der Waals surface area contributed by atoms with Crippen LogP contribution in [0, 0.1) is 6.92 Å². The van der Waals surface area contributed by atoms with Crippen molar-refractivity contribution in [2.45, 2.75) is 13.8 Å². The fourth-order valence-electron chi connectivity index (χ4n) is 1.46. The van der Waals surface area contributed by atoms with Crippen molar-refractivity contribution in [2.75, 3.05) is 23.7 Å². The number of rotatable bonds is 4. The summed E-state index contributed by atoms with van der Waals surface area (Å²) in [5.41, 5.74) is 8.64. The molecule has 0 amide bonds. The van der Waals surface area contributed by atoms with Crippen molar-refractivity contribution in [3.05, 3.63) is 36.1 Å². The van der Waals surface area contributed by atoms with Gasteiger partial charge in [-0.3, -0.25) is 0 Å². The molecule has 0 aliphatic heterocycles. The monoisotopic (exact) mass is 206 g/mol. The van der Waals surface area contributed by atoms with Gasteiger partial charge in [-0.15, -0.1) is 0 Å². The van der Waals surface area contributed by atoms with Crippen LogP contribution in [-0.2, 0) is 0 Å². The van der Waals surface area contributed by atoms with Gasteiger partial charge >= 0.3 is 0 Å². The molecule has 0 fully saturated rings. The third-order valence-electron chi connectivity index (χ3n) is 2.37. The summed E-state index contributed by atoms with van der Waals surface area (Å²) in [5.74, 6) is 0.173. The zero-order valence-corrected chi connectivity index (χ0v) is 9.33. The molecule has 0 bridgehead atoms. The first-order valence-electron chi connectivity index (χ1n) is 5.02. The molecule has 1 rings (SSSR count). The molecule has 82 valence electrons. The van der Waals surface area contributed by atoms with Crippen LogP contribution in [-0.4, -0.2) is 18.2 Å². The average Bonchev–Trinajstić information content (AvgIpc) is 2.18. The number of benzene rings is 1. The predicted octanol–water partition coefficient (Wildman–Crippen LogP) is 2.48. The third kappa shape index (κ3) is 2.91. The van der Waals surface area contributed by atoms with Crippen LogP contribution in [0.25, 0.3) is 0 Å². The maximum atomic E-state index is 9.18. The molecule has 3 N–H and O–H groups in total. The van der Waals surface area contributed by atoms with Crippen LogP contribution in [0.15, 0.2) is 30.5 Å². The van der Waals surface area contributed by atoms with Gasteiger partial charge in [0, 0.05) is 17.9 Å². The topological polar surface area (TPSA) is 49.5 Å². The highest BCUT2D eigenvalue weighted by Gasteiger charge is 2.06. The van der Waals surface area contributed by atoms with Crippen LogP contribution in [0.2, 0.25) is 0 Å². The molecule has 0 unspecified atom stereocenters. The van der Waals surface area contributed by atoms with Crippen molar-refractivity contribution < 1.29 is 5.11 Å². The number of nitrogens with two attached hydrogens (primary N) is 1. The van der Waals surface area contributed by atoms with Gasteiger partial charge in [0.1, 0.15) is 5.76 Å². The fourth-order valence-corrected chi connectivity index (χ4v) is 1.46. The van der Waals surface area contributed by atoms with Crippen LogP contribution < -0.4 is 10.6 Å². The average molecular weight is 206 g/mol. The molecule has 15 heavy (non-hydrogen) atoms. The van der Waals surface area contributed by atoms with E-state index in [2.05, 4.69) is 6.58 Å². The number of nitrogen functional groups attached to an aromatic ring is 1. The number of anilines is 2. The summed E-state index contributed by atoms with van der Waals surface area (Å²) in [6, 6.07) is 5.85. The summed E-state index contributed by atoms with van der Waals surface area (Å²) in [7, 11) is 0. The molecule has 0 saturated heterocycles. The van der Waals surface area contributed by atoms with Gasteiger partial charge in [0.2, 0.25) is 0 Å². The minimum Gasteiger partial charge on any atom is -0.511 e. The Morgan fingerprint density at radius 3 is 2.67 bits per heavy atom. The number of hydrogen-bond acceptors (Lipinski definition) is 3. The maximum Gasteiger partial charge on any atom is 0.104 e. The van der Waals surface area contributed by atoms with Gasteiger partial charge in [-0.25, -0.2) is 0 Å². The smallest absolute Gasteiger partial charge is 0.104 e. The second-order valence-electron chi connectivity index (χ2n) is 3.62. The molecule has 0 aliphatic carbocycles. The number of likely N-dealkylation sites (N-methyl/N-ethyl adjacent to an activating group) is 1.